The van der Waals surface area contributed by atoms with Crippen LogP contribution in [0.3, 0.4) is 0 Å². The fraction of sp³-hybridized carbons (Fsp3) is 0.588. The van der Waals surface area contributed by atoms with Gasteiger partial charge in [-0.05, 0) is 69.8 Å². The van der Waals surface area contributed by atoms with Crippen molar-refractivity contribution in [1.29, 1.82) is 0 Å². The van der Waals surface area contributed by atoms with E-state index in [1.807, 2.05) is 13.0 Å². The van der Waals surface area contributed by atoms with Crippen LogP contribution >= 0.6 is 0 Å². The molecule has 0 spiro atoms. The summed E-state index contributed by atoms with van der Waals surface area (Å²) in [7, 11) is 0. The summed E-state index contributed by atoms with van der Waals surface area (Å²) in [6.07, 6.45) is 4.10. The Kier molecular flexibility index (Phi) is 3.74. The topological polar surface area (TPSA) is 32.3 Å². The van der Waals surface area contributed by atoms with Gasteiger partial charge in [-0.25, -0.2) is 4.39 Å². The van der Waals surface area contributed by atoms with E-state index in [2.05, 4.69) is 10.2 Å². The van der Waals surface area contributed by atoms with Crippen LogP contribution in [0.5, 0.6) is 0 Å². The van der Waals surface area contributed by atoms with Gasteiger partial charge in [0.15, 0.2) is 0 Å². The minimum Gasteiger partial charge on any atom is -0.348 e. The van der Waals surface area contributed by atoms with Crippen molar-refractivity contribution in [1.82, 2.24) is 10.2 Å². The average Bonchev–Trinajstić information content (AvgIpc) is 3.01. The van der Waals surface area contributed by atoms with Crippen LogP contribution in [0, 0.1) is 12.7 Å². The third-order valence-electron chi connectivity index (χ3n) is 5.11. The molecule has 2 fully saturated rings. The van der Waals surface area contributed by atoms with E-state index in [0.717, 1.165) is 44.3 Å². The van der Waals surface area contributed by atoms with Gasteiger partial charge in [0.05, 0.1) is 6.04 Å². The van der Waals surface area contributed by atoms with E-state index in [1.165, 1.54) is 6.07 Å². The zero-order valence-corrected chi connectivity index (χ0v) is 12.8. The number of aryl methyl sites for hydroxylation is 1. The van der Waals surface area contributed by atoms with Crippen molar-refractivity contribution >= 4 is 5.91 Å². The van der Waals surface area contributed by atoms with Crippen molar-refractivity contribution in [2.75, 3.05) is 13.1 Å². The number of hydrogen-bond acceptors (Lipinski definition) is 2. The first-order valence-electron chi connectivity index (χ1n) is 7.85. The molecule has 0 aliphatic carbocycles. The van der Waals surface area contributed by atoms with Crippen molar-refractivity contribution in [2.45, 2.75) is 51.1 Å². The molecule has 0 aromatic heterocycles. The molecule has 1 N–H and O–H groups in total. The molecule has 0 saturated carbocycles. The number of nitrogens with zero attached hydrogens (tertiary/aromatic N) is 1. The highest BCUT2D eigenvalue weighted by Gasteiger charge is 2.50. The summed E-state index contributed by atoms with van der Waals surface area (Å²) >= 11 is 0. The molecular weight excluding hydrogens is 267 g/mol. The summed E-state index contributed by atoms with van der Waals surface area (Å²) < 4.78 is 13.7. The van der Waals surface area contributed by atoms with Crippen LogP contribution in [0.1, 0.15) is 49.8 Å². The van der Waals surface area contributed by atoms with E-state index >= 15 is 0 Å². The zero-order valence-electron chi connectivity index (χ0n) is 12.8. The molecule has 1 aromatic rings. The van der Waals surface area contributed by atoms with Crippen molar-refractivity contribution in [2.24, 2.45) is 0 Å². The molecule has 4 heteroatoms. The highest BCUT2D eigenvalue weighted by Crippen LogP contribution is 2.39. The van der Waals surface area contributed by atoms with E-state index in [9.17, 15) is 9.18 Å². The van der Waals surface area contributed by atoms with Gasteiger partial charge in [0.25, 0.3) is 0 Å². The average molecular weight is 290 g/mol. The summed E-state index contributed by atoms with van der Waals surface area (Å²) in [5.41, 5.74) is 1.16. The first-order chi connectivity index (χ1) is 10.0. The SMILES string of the molecule is Cc1ccc(C(C)NC(=O)C23CCCN2CCC3)cc1F. The lowest BCUT2D eigenvalue weighted by molar-refractivity contribution is -0.131. The first kappa shape index (κ1) is 14.5. The number of benzene rings is 1. The molecule has 2 saturated heterocycles. The highest BCUT2D eigenvalue weighted by atomic mass is 19.1. The summed E-state index contributed by atoms with van der Waals surface area (Å²) in [5.74, 6) is -0.0962. The minimum atomic E-state index is -0.294. The fourth-order valence-electron chi connectivity index (χ4n) is 3.77. The fourth-order valence-corrected chi connectivity index (χ4v) is 3.77. The molecule has 1 unspecified atom stereocenters. The number of carbonyl (C=O) groups excluding carboxylic acids is 1. The van der Waals surface area contributed by atoms with E-state index in [1.54, 1.807) is 13.0 Å². The third kappa shape index (κ3) is 2.46. The number of nitrogens with one attached hydrogen (secondary N) is 1. The van der Waals surface area contributed by atoms with Crippen LogP contribution in [0.25, 0.3) is 0 Å². The number of hydrogen-bond donors (Lipinski definition) is 1. The Hall–Kier alpha value is -1.42. The Morgan fingerprint density at radius 1 is 1.33 bits per heavy atom. The van der Waals surface area contributed by atoms with Crippen LogP contribution in [0.4, 0.5) is 4.39 Å². The Balaban J connectivity index is 1.73. The molecule has 2 heterocycles. The van der Waals surface area contributed by atoms with E-state index in [4.69, 9.17) is 0 Å². The van der Waals surface area contributed by atoms with Crippen molar-refractivity contribution in [3.8, 4) is 0 Å². The molecule has 114 valence electrons. The largest absolute Gasteiger partial charge is 0.348 e. The molecule has 1 atom stereocenters. The maximum absolute atomic E-state index is 13.7. The van der Waals surface area contributed by atoms with Gasteiger partial charge in [-0.2, -0.15) is 0 Å². The van der Waals surface area contributed by atoms with Gasteiger partial charge in [-0.15, -0.1) is 0 Å². The van der Waals surface area contributed by atoms with E-state index < -0.39 is 0 Å². The van der Waals surface area contributed by atoms with Crippen LogP contribution in [0.2, 0.25) is 0 Å². The lowest BCUT2D eigenvalue weighted by atomic mass is 9.92. The Morgan fingerprint density at radius 2 is 2.00 bits per heavy atom. The monoisotopic (exact) mass is 290 g/mol. The van der Waals surface area contributed by atoms with Crippen molar-refractivity contribution in [3.05, 3.63) is 35.1 Å². The second kappa shape index (κ2) is 5.41. The van der Waals surface area contributed by atoms with Crippen LogP contribution in [-0.4, -0.2) is 29.4 Å². The lowest BCUT2D eigenvalue weighted by Gasteiger charge is -2.32. The summed E-state index contributed by atoms with van der Waals surface area (Å²) in [6, 6.07) is 5.02. The molecule has 1 aromatic carbocycles. The Morgan fingerprint density at radius 3 is 2.62 bits per heavy atom. The number of rotatable bonds is 3. The van der Waals surface area contributed by atoms with Crippen molar-refractivity contribution < 1.29 is 9.18 Å². The standard InChI is InChI=1S/C17H23FN2O/c1-12-5-6-14(11-15(12)18)13(2)19-16(21)17-7-3-9-20(17)10-4-8-17/h5-6,11,13H,3-4,7-10H2,1-2H3,(H,19,21). The Bertz CT molecular complexity index is 548. The molecule has 3 nitrogen and oxygen atoms in total. The smallest absolute Gasteiger partial charge is 0.240 e. The molecule has 21 heavy (non-hydrogen) atoms. The third-order valence-corrected chi connectivity index (χ3v) is 5.11. The molecule has 1 amide bonds. The quantitative estimate of drug-likeness (QED) is 0.928. The zero-order chi connectivity index (χ0) is 15.0. The maximum atomic E-state index is 13.7. The van der Waals surface area contributed by atoms with Crippen LogP contribution in [-0.2, 0) is 4.79 Å². The summed E-state index contributed by atoms with van der Waals surface area (Å²) in [5, 5.41) is 3.10. The molecule has 2 aliphatic rings. The molecule has 0 radical (unpaired) electrons. The number of amides is 1. The Labute approximate surface area is 125 Å². The van der Waals surface area contributed by atoms with Gasteiger partial charge in [-0.3, -0.25) is 9.69 Å². The van der Waals surface area contributed by atoms with E-state index in [0.29, 0.717) is 5.56 Å². The van der Waals surface area contributed by atoms with Crippen LogP contribution < -0.4 is 5.32 Å². The predicted molar refractivity (Wildman–Crippen MR) is 80.5 cm³/mol. The van der Waals surface area contributed by atoms with E-state index in [-0.39, 0.29) is 23.3 Å². The molecule has 3 rings (SSSR count). The van der Waals surface area contributed by atoms with Crippen molar-refractivity contribution in [3.63, 3.8) is 0 Å². The second-order valence-electron chi connectivity index (χ2n) is 6.43. The number of halogens is 1. The molecule has 0 bridgehead atoms. The normalized spacial score (nSPS) is 22.0. The van der Waals surface area contributed by atoms with Gasteiger partial charge >= 0.3 is 0 Å². The molecular formula is C17H23FN2O. The highest BCUT2D eigenvalue weighted by molar-refractivity contribution is 5.87. The number of carbonyl (C=O) groups is 1. The van der Waals surface area contributed by atoms with Gasteiger partial charge in [0.2, 0.25) is 5.91 Å². The first-order valence-corrected chi connectivity index (χ1v) is 7.85. The van der Waals surface area contributed by atoms with Crippen LogP contribution in [0.15, 0.2) is 18.2 Å². The lowest BCUT2D eigenvalue weighted by Crippen LogP contribution is -2.52. The maximum Gasteiger partial charge on any atom is 0.240 e. The predicted octanol–water partition coefficient (Wildman–Crippen LogP) is 2.94. The van der Waals surface area contributed by atoms with Gasteiger partial charge in [0, 0.05) is 0 Å². The second-order valence-corrected chi connectivity index (χ2v) is 6.43. The minimum absolute atomic E-state index is 0.117. The van der Waals surface area contributed by atoms with Gasteiger partial charge in [-0.1, -0.05) is 12.1 Å². The molecule has 2 aliphatic heterocycles. The van der Waals surface area contributed by atoms with Gasteiger partial charge in [0.1, 0.15) is 11.4 Å². The van der Waals surface area contributed by atoms with Gasteiger partial charge < -0.3 is 5.32 Å². The number of fused-ring (bicyclic) bond motifs is 1. The summed E-state index contributed by atoms with van der Waals surface area (Å²) in [6.45, 7) is 5.73. The summed E-state index contributed by atoms with van der Waals surface area (Å²) in [4.78, 5) is 15.1.